The largest absolute Gasteiger partial charge is 0.399 e. The summed E-state index contributed by atoms with van der Waals surface area (Å²) in [5.41, 5.74) is 9.13. The number of non-ortho nitro benzene ring substituents is 1. The fraction of sp³-hybridized carbons (Fsp3) is 0.368. The number of nitrogens with zero attached hydrogens (tertiary/aromatic N) is 1. The van der Waals surface area contributed by atoms with Gasteiger partial charge in [-0.25, -0.2) is 0 Å². The van der Waals surface area contributed by atoms with Crippen molar-refractivity contribution in [3.05, 3.63) is 69.8 Å². The van der Waals surface area contributed by atoms with E-state index in [1.54, 1.807) is 12.1 Å². The molecule has 0 saturated carbocycles. The number of benzene rings is 2. The normalized spacial score (nSPS) is 12.0. The third-order valence-corrected chi connectivity index (χ3v) is 4.14. The topological polar surface area (TPSA) is 69.2 Å². The van der Waals surface area contributed by atoms with Crippen LogP contribution in [-0.4, -0.2) is 4.92 Å². The lowest BCUT2D eigenvalue weighted by molar-refractivity contribution is -0.384. The van der Waals surface area contributed by atoms with E-state index in [-0.39, 0.29) is 10.6 Å². The average molecular weight is 312 g/mol. The number of hydrogen-bond donors (Lipinski definition) is 1. The first-order valence-corrected chi connectivity index (χ1v) is 8.16. The standard InChI is InChI=1S/C19H24N2O2/c1-2-3-4-17(13-15-5-9-18(20)10-6-15)14-16-7-11-19(12-8-16)21(22)23/h5-12,17H,2-4,13-14,20H2,1H3. The lowest BCUT2D eigenvalue weighted by Crippen LogP contribution is -2.09. The van der Waals surface area contributed by atoms with Crippen LogP contribution in [0.5, 0.6) is 0 Å². The summed E-state index contributed by atoms with van der Waals surface area (Å²) < 4.78 is 0. The predicted molar refractivity (Wildman–Crippen MR) is 94.4 cm³/mol. The van der Waals surface area contributed by atoms with Crippen LogP contribution in [-0.2, 0) is 12.8 Å². The van der Waals surface area contributed by atoms with Crippen LogP contribution in [0, 0.1) is 16.0 Å². The van der Waals surface area contributed by atoms with Gasteiger partial charge in [0.1, 0.15) is 0 Å². The Morgan fingerprint density at radius 1 is 1.00 bits per heavy atom. The summed E-state index contributed by atoms with van der Waals surface area (Å²) in [5.74, 6) is 0.542. The third kappa shape index (κ3) is 5.40. The molecule has 0 aliphatic carbocycles. The van der Waals surface area contributed by atoms with Crippen molar-refractivity contribution < 1.29 is 4.92 Å². The van der Waals surface area contributed by atoms with Crippen LogP contribution in [0.2, 0.25) is 0 Å². The molecule has 0 bridgehead atoms. The van der Waals surface area contributed by atoms with E-state index in [2.05, 4.69) is 19.1 Å². The van der Waals surface area contributed by atoms with E-state index >= 15 is 0 Å². The van der Waals surface area contributed by atoms with E-state index in [4.69, 9.17) is 5.73 Å². The molecule has 0 spiro atoms. The Morgan fingerprint density at radius 3 is 2.00 bits per heavy atom. The Balaban J connectivity index is 2.05. The molecule has 0 heterocycles. The predicted octanol–water partition coefficient (Wildman–Crippen LogP) is 4.77. The van der Waals surface area contributed by atoms with E-state index in [1.165, 1.54) is 18.4 Å². The number of nitro groups is 1. The summed E-state index contributed by atoms with van der Waals surface area (Å²) in [4.78, 5) is 10.4. The zero-order valence-electron chi connectivity index (χ0n) is 13.6. The molecule has 23 heavy (non-hydrogen) atoms. The number of nitro benzene ring substituents is 1. The number of rotatable bonds is 8. The highest BCUT2D eigenvalue weighted by molar-refractivity contribution is 5.39. The number of nitrogens with two attached hydrogens (primary N) is 1. The average Bonchev–Trinajstić information content (AvgIpc) is 2.55. The van der Waals surface area contributed by atoms with Gasteiger partial charge in [0.05, 0.1) is 4.92 Å². The van der Waals surface area contributed by atoms with Crippen LogP contribution >= 0.6 is 0 Å². The van der Waals surface area contributed by atoms with E-state index in [0.717, 1.165) is 30.5 Å². The summed E-state index contributed by atoms with van der Waals surface area (Å²) in [6.45, 7) is 2.20. The molecule has 2 aromatic carbocycles. The molecule has 0 saturated heterocycles. The van der Waals surface area contributed by atoms with Crippen LogP contribution in [0.1, 0.15) is 37.3 Å². The van der Waals surface area contributed by atoms with Crippen molar-refractivity contribution in [1.29, 1.82) is 0 Å². The van der Waals surface area contributed by atoms with E-state index in [0.29, 0.717) is 5.92 Å². The summed E-state index contributed by atoms with van der Waals surface area (Å²) >= 11 is 0. The molecular formula is C19H24N2O2. The molecule has 1 atom stereocenters. The summed E-state index contributed by atoms with van der Waals surface area (Å²) in [6, 6.07) is 15.0. The fourth-order valence-corrected chi connectivity index (χ4v) is 2.84. The van der Waals surface area contributed by atoms with Gasteiger partial charge >= 0.3 is 0 Å². The summed E-state index contributed by atoms with van der Waals surface area (Å²) in [5, 5.41) is 10.7. The molecule has 0 aliphatic rings. The van der Waals surface area contributed by atoms with E-state index < -0.39 is 0 Å². The molecule has 0 aromatic heterocycles. The van der Waals surface area contributed by atoms with Crippen LogP contribution in [0.25, 0.3) is 0 Å². The Kier molecular flexibility index (Phi) is 6.15. The lowest BCUT2D eigenvalue weighted by Gasteiger charge is -2.17. The summed E-state index contributed by atoms with van der Waals surface area (Å²) in [7, 11) is 0. The number of anilines is 1. The van der Waals surface area contributed by atoms with Gasteiger partial charge in [0.25, 0.3) is 5.69 Å². The maximum atomic E-state index is 10.7. The smallest absolute Gasteiger partial charge is 0.269 e. The maximum absolute atomic E-state index is 10.7. The lowest BCUT2D eigenvalue weighted by atomic mass is 9.88. The number of nitrogen functional groups attached to an aromatic ring is 1. The molecule has 122 valence electrons. The van der Waals surface area contributed by atoms with Gasteiger partial charge in [-0.05, 0) is 48.4 Å². The first-order chi connectivity index (χ1) is 11.1. The molecule has 0 aliphatic heterocycles. The molecule has 0 fully saturated rings. The summed E-state index contributed by atoms with van der Waals surface area (Å²) in [6.07, 6.45) is 5.50. The molecule has 4 nitrogen and oxygen atoms in total. The molecule has 0 radical (unpaired) electrons. The van der Waals surface area contributed by atoms with Crippen molar-refractivity contribution in [3.63, 3.8) is 0 Å². The van der Waals surface area contributed by atoms with Crippen molar-refractivity contribution in [2.75, 3.05) is 5.73 Å². The van der Waals surface area contributed by atoms with Gasteiger partial charge in [-0.2, -0.15) is 0 Å². The number of unbranched alkanes of at least 4 members (excludes halogenated alkanes) is 1. The molecule has 0 amide bonds. The highest BCUT2D eigenvalue weighted by atomic mass is 16.6. The first kappa shape index (κ1) is 17.0. The fourth-order valence-electron chi connectivity index (χ4n) is 2.84. The van der Waals surface area contributed by atoms with Crippen LogP contribution in [0.4, 0.5) is 11.4 Å². The quantitative estimate of drug-likeness (QED) is 0.433. The third-order valence-electron chi connectivity index (χ3n) is 4.14. The molecule has 1 unspecified atom stereocenters. The molecular weight excluding hydrogens is 288 g/mol. The van der Waals surface area contributed by atoms with Crippen LogP contribution in [0.15, 0.2) is 48.5 Å². The first-order valence-electron chi connectivity index (χ1n) is 8.16. The van der Waals surface area contributed by atoms with Gasteiger partial charge in [0.15, 0.2) is 0 Å². The van der Waals surface area contributed by atoms with Crippen molar-refractivity contribution in [3.8, 4) is 0 Å². The van der Waals surface area contributed by atoms with Crippen molar-refractivity contribution in [2.45, 2.75) is 39.0 Å². The highest BCUT2D eigenvalue weighted by Crippen LogP contribution is 2.22. The van der Waals surface area contributed by atoms with Crippen LogP contribution < -0.4 is 5.73 Å². The van der Waals surface area contributed by atoms with Gasteiger partial charge in [0, 0.05) is 17.8 Å². The highest BCUT2D eigenvalue weighted by Gasteiger charge is 2.12. The van der Waals surface area contributed by atoms with Crippen LogP contribution in [0.3, 0.4) is 0 Å². The zero-order valence-corrected chi connectivity index (χ0v) is 13.6. The van der Waals surface area contributed by atoms with Crippen molar-refractivity contribution in [1.82, 2.24) is 0 Å². The maximum Gasteiger partial charge on any atom is 0.269 e. The minimum Gasteiger partial charge on any atom is -0.399 e. The minimum absolute atomic E-state index is 0.150. The van der Waals surface area contributed by atoms with Crippen molar-refractivity contribution in [2.24, 2.45) is 5.92 Å². The van der Waals surface area contributed by atoms with Gasteiger partial charge in [-0.3, -0.25) is 10.1 Å². The van der Waals surface area contributed by atoms with Gasteiger partial charge in [0.2, 0.25) is 0 Å². The second kappa shape index (κ2) is 8.32. The van der Waals surface area contributed by atoms with Gasteiger partial charge in [-0.15, -0.1) is 0 Å². The monoisotopic (exact) mass is 312 g/mol. The Labute approximate surface area is 137 Å². The zero-order chi connectivity index (χ0) is 16.7. The molecule has 4 heteroatoms. The SMILES string of the molecule is CCCCC(Cc1ccc(N)cc1)Cc1ccc([N+](=O)[O-])cc1. The van der Waals surface area contributed by atoms with Gasteiger partial charge < -0.3 is 5.73 Å². The number of hydrogen-bond acceptors (Lipinski definition) is 3. The van der Waals surface area contributed by atoms with E-state index in [1.807, 2.05) is 24.3 Å². The minimum atomic E-state index is -0.354. The Bertz CT molecular complexity index is 621. The van der Waals surface area contributed by atoms with E-state index in [9.17, 15) is 10.1 Å². The Hall–Kier alpha value is -2.36. The van der Waals surface area contributed by atoms with Gasteiger partial charge in [-0.1, -0.05) is 44.0 Å². The Morgan fingerprint density at radius 2 is 1.52 bits per heavy atom. The molecule has 2 N–H and O–H groups in total. The second-order valence-corrected chi connectivity index (χ2v) is 6.08. The second-order valence-electron chi connectivity index (χ2n) is 6.08. The molecule has 2 rings (SSSR count). The van der Waals surface area contributed by atoms with Crippen molar-refractivity contribution >= 4 is 11.4 Å². The molecule has 2 aromatic rings.